The number of halogens is 1. The number of benzene rings is 2. The maximum Gasteiger partial charge on any atom is 0.251 e. The molecule has 1 N–H and O–H groups in total. The molecule has 0 saturated heterocycles. The molecule has 1 amide bonds. The van der Waals surface area contributed by atoms with Crippen LogP contribution in [0.3, 0.4) is 0 Å². The van der Waals surface area contributed by atoms with Gasteiger partial charge in [0.15, 0.2) is 0 Å². The fourth-order valence-corrected chi connectivity index (χ4v) is 2.99. The second-order valence-electron chi connectivity index (χ2n) is 5.72. The summed E-state index contributed by atoms with van der Waals surface area (Å²) in [5.74, 6) is -0.0509. The number of ether oxygens (including phenoxy) is 1. The topological polar surface area (TPSA) is 75.7 Å². The Kier molecular flexibility index (Phi) is 6.70. The van der Waals surface area contributed by atoms with E-state index in [4.69, 9.17) is 4.74 Å². The Bertz CT molecular complexity index is 834. The molecule has 2 aromatic rings. The first-order valence-electron chi connectivity index (χ1n) is 8.00. The second-order valence-corrected chi connectivity index (χ2v) is 7.88. The summed E-state index contributed by atoms with van der Waals surface area (Å²) < 4.78 is 43.3. The number of rotatable bonds is 8. The molecule has 2 aromatic carbocycles. The minimum absolute atomic E-state index is 0.131. The fraction of sp³-hybridized carbons (Fsp3) is 0.278. The highest BCUT2D eigenvalue weighted by molar-refractivity contribution is 7.89. The molecule has 0 heterocycles. The average molecular weight is 380 g/mol. The van der Waals surface area contributed by atoms with Crippen molar-refractivity contribution in [2.45, 2.75) is 11.3 Å². The van der Waals surface area contributed by atoms with Gasteiger partial charge < -0.3 is 10.1 Å². The SMILES string of the molecule is CN(C)S(=O)(=O)c1ccc(C(=O)NCCCOc2ccc(F)cc2)cc1. The number of amides is 1. The first-order valence-corrected chi connectivity index (χ1v) is 9.44. The molecule has 0 atom stereocenters. The van der Waals surface area contributed by atoms with Crippen molar-refractivity contribution in [3.05, 3.63) is 59.9 Å². The molecule has 26 heavy (non-hydrogen) atoms. The molecule has 0 saturated carbocycles. The van der Waals surface area contributed by atoms with Gasteiger partial charge in [-0.05, 0) is 55.0 Å². The molecule has 0 bridgehead atoms. The standard InChI is InChI=1S/C18H21FN2O4S/c1-21(2)26(23,24)17-10-4-14(5-11-17)18(22)20-12-3-13-25-16-8-6-15(19)7-9-16/h4-11H,3,12-13H2,1-2H3,(H,20,22). The molecule has 0 spiro atoms. The van der Waals surface area contributed by atoms with Gasteiger partial charge in [-0.3, -0.25) is 4.79 Å². The van der Waals surface area contributed by atoms with Gasteiger partial charge in [0, 0.05) is 26.2 Å². The van der Waals surface area contributed by atoms with Crippen LogP contribution in [0.15, 0.2) is 53.4 Å². The lowest BCUT2D eigenvalue weighted by Crippen LogP contribution is -2.26. The summed E-state index contributed by atoms with van der Waals surface area (Å²) >= 11 is 0. The highest BCUT2D eigenvalue weighted by Crippen LogP contribution is 2.14. The fourth-order valence-electron chi connectivity index (χ4n) is 2.09. The Morgan fingerprint density at radius 3 is 2.27 bits per heavy atom. The normalized spacial score (nSPS) is 11.4. The zero-order valence-corrected chi connectivity index (χ0v) is 15.4. The summed E-state index contributed by atoms with van der Waals surface area (Å²) in [7, 11) is -0.614. The van der Waals surface area contributed by atoms with E-state index in [2.05, 4.69) is 5.32 Å². The van der Waals surface area contributed by atoms with E-state index in [0.29, 0.717) is 30.9 Å². The Morgan fingerprint density at radius 1 is 1.08 bits per heavy atom. The minimum atomic E-state index is -3.51. The van der Waals surface area contributed by atoms with Gasteiger partial charge in [-0.2, -0.15) is 0 Å². The van der Waals surface area contributed by atoms with E-state index in [1.165, 1.54) is 62.6 Å². The maximum absolute atomic E-state index is 12.8. The van der Waals surface area contributed by atoms with Gasteiger partial charge >= 0.3 is 0 Å². The van der Waals surface area contributed by atoms with Crippen LogP contribution in [0.1, 0.15) is 16.8 Å². The van der Waals surface area contributed by atoms with Gasteiger partial charge in [-0.15, -0.1) is 0 Å². The summed E-state index contributed by atoms with van der Waals surface area (Å²) in [5.41, 5.74) is 0.377. The number of nitrogens with one attached hydrogen (secondary N) is 1. The molecule has 0 aliphatic carbocycles. The lowest BCUT2D eigenvalue weighted by atomic mass is 10.2. The molecular formula is C18H21FN2O4S. The molecule has 6 nitrogen and oxygen atoms in total. The van der Waals surface area contributed by atoms with Gasteiger partial charge in [0.1, 0.15) is 11.6 Å². The van der Waals surface area contributed by atoms with Crippen LogP contribution < -0.4 is 10.1 Å². The Hall–Kier alpha value is -2.45. The average Bonchev–Trinajstić information content (AvgIpc) is 2.62. The third kappa shape index (κ3) is 5.27. The third-order valence-corrected chi connectivity index (χ3v) is 5.41. The van der Waals surface area contributed by atoms with E-state index in [0.717, 1.165) is 4.31 Å². The molecule has 8 heteroatoms. The van der Waals surface area contributed by atoms with Crippen LogP contribution in [0.2, 0.25) is 0 Å². The number of carbonyl (C=O) groups is 1. The van der Waals surface area contributed by atoms with Crippen molar-refractivity contribution in [1.29, 1.82) is 0 Å². The third-order valence-electron chi connectivity index (χ3n) is 3.58. The second kappa shape index (κ2) is 8.77. The van der Waals surface area contributed by atoms with E-state index >= 15 is 0 Å². The quantitative estimate of drug-likeness (QED) is 0.713. The van der Waals surface area contributed by atoms with E-state index in [9.17, 15) is 17.6 Å². The van der Waals surface area contributed by atoms with Crippen molar-refractivity contribution in [3.8, 4) is 5.75 Å². The van der Waals surface area contributed by atoms with Gasteiger partial charge in [-0.1, -0.05) is 0 Å². The first kappa shape index (κ1) is 19.9. The van der Waals surface area contributed by atoms with Crippen molar-refractivity contribution in [2.24, 2.45) is 0 Å². The molecular weight excluding hydrogens is 359 g/mol. The first-order chi connectivity index (χ1) is 12.3. The number of sulfonamides is 1. The summed E-state index contributed by atoms with van der Waals surface area (Å²) in [6.45, 7) is 0.781. The van der Waals surface area contributed by atoms with Crippen LogP contribution >= 0.6 is 0 Å². The zero-order chi connectivity index (χ0) is 19.2. The van der Waals surface area contributed by atoms with Crippen molar-refractivity contribution < 1.29 is 22.3 Å². The summed E-state index contributed by atoms with van der Waals surface area (Å²) in [6, 6.07) is 11.5. The van der Waals surface area contributed by atoms with E-state index in [-0.39, 0.29) is 16.6 Å². The number of hydrogen-bond acceptors (Lipinski definition) is 4. The molecule has 0 radical (unpaired) electrons. The zero-order valence-electron chi connectivity index (χ0n) is 14.6. The van der Waals surface area contributed by atoms with E-state index < -0.39 is 10.0 Å². The largest absolute Gasteiger partial charge is 0.494 e. The van der Waals surface area contributed by atoms with Gasteiger partial charge in [0.05, 0.1) is 11.5 Å². The lowest BCUT2D eigenvalue weighted by Gasteiger charge is -2.11. The Balaban J connectivity index is 1.78. The maximum atomic E-state index is 12.8. The van der Waals surface area contributed by atoms with Gasteiger partial charge in [-0.25, -0.2) is 17.1 Å². The number of hydrogen-bond donors (Lipinski definition) is 1. The van der Waals surface area contributed by atoms with Crippen LogP contribution in [0.25, 0.3) is 0 Å². The van der Waals surface area contributed by atoms with E-state index in [1.807, 2.05) is 0 Å². The Morgan fingerprint density at radius 2 is 1.69 bits per heavy atom. The minimum Gasteiger partial charge on any atom is -0.494 e. The van der Waals surface area contributed by atoms with Crippen molar-refractivity contribution >= 4 is 15.9 Å². The highest BCUT2D eigenvalue weighted by atomic mass is 32.2. The summed E-state index contributed by atoms with van der Waals surface area (Å²) in [6.07, 6.45) is 0.580. The van der Waals surface area contributed by atoms with Crippen molar-refractivity contribution in [2.75, 3.05) is 27.2 Å². The smallest absolute Gasteiger partial charge is 0.251 e. The van der Waals surface area contributed by atoms with Gasteiger partial charge in [0.25, 0.3) is 5.91 Å². The molecule has 0 aliphatic rings. The van der Waals surface area contributed by atoms with Crippen LogP contribution in [0.4, 0.5) is 4.39 Å². The molecule has 0 fully saturated rings. The molecule has 0 aliphatic heterocycles. The molecule has 140 valence electrons. The predicted molar refractivity (Wildman–Crippen MR) is 96.2 cm³/mol. The highest BCUT2D eigenvalue weighted by Gasteiger charge is 2.17. The predicted octanol–water partition coefficient (Wildman–Crippen LogP) is 2.27. The Labute approximate surface area is 152 Å². The molecule has 2 rings (SSSR count). The van der Waals surface area contributed by atoms with Gasteiger partial charge in [0.2, 0.25) is 10.0 Å². The monoisotopic (exact) mass is 380 g/mol. The number of carbonyl (C=O) groups excluding carboxylic acids is 1. The lowest BCUT2D eigenvalue weighted by molar-refractivity contribution is 0.0951. The molecule has 0 unspecified atom stereocenters. The molecule has 0 aromatic heterocycles. The van der Waals surface area contributed by atoms with Crippen LogP contribution in [0, 0.1) is 5.82 Å². The van der Waals surface area contributed by atoms with Crippen LogP contribution in [0.5, 0.6) is 5.75 Å². The van der Waals surface area contributed by atoms with Crippen molar-refractivity contribution in [1.82, 2.24) is 9.62 Å². The summed E-state index contributed by atoms with van der Waals surface area (Å²) in [4.78, 5) is 12.2. The van der Waals surface area contributed by atoms with Crippen LogP contribution in [-0.2, 0) is 10.0 Å². The van der Waals surface area contributed by atoms with Crippen molar-refractivity contribution in [3.63, 3.8) is 0 Å². The van der Waals surface area contributed by atoms with E-state index in [1.54, 1.807) is 0 Å². The van der Waals surface area contributed by atoms with Crippen LogP contribution in [-0.4, -0.2) is 45.9 Å². The summed E-state index contributed by atoms with van der Waals surface area (Å²) in [5, 5.41) is 2.74. The number of nitrogens with zero attached hydrogens (tertiary/aromatic N) is 1.